The van der Waals surface area contributed by atoms with Crippen molar-refractivity contribution in [1.82, 2.24) is 10.2 Å². The molecule has 2 fully saturated rings. The van der Waals surface area contributed by atoms with E-state index in [9.17, 15) is 9.59 Å². The van der Waals surface area contributed by atoms with Crippen molar-refractivity contribution in [2.45, 2.75) is 24.8 Å². The maximum Gasteiger partial charge on any atom is 0.254 e. The average molecular weight is 364 g/mol. The summed E-state index contributed by atoms with van der Waals surface area (Å²) in [6.45, 7) is 0.983. The maximum absolute atomic E-state index is 13.0. The summed E-state index contributed by atoms with van der Waals surface area (Å²) >= 11 is 0. The first kappa shape index (κ1) is 17.6. The fourth-order valence-electron chi connectivity index (χ4n) is 3.75. The van der Waals surface area contributed by atoms with E-state index < -0.39 is 0 Å². The molecule has 2 aliphatic rings. The van der Waals surface area contributed by atoms with E-state index >= 15 is 0 Å². The number of methoxy groups -OCH3 is 1. The second-order valence-corrected chi connectivity index (χ2v) is 7.35. The van der Waals surface area contributed by atoms with Gasteiger partial charge in [-0.2, -0.15) is 0 Å². The summed E-state index contributed by atoms with van der Waals surface area (Å²) in [5, 5.41) is 3.12. The first-order chi connectivity index (χ1) is 13.2. The van der Waals surface area contributed by atoms with Crippen molar-refractivity contribution in [2.75, 3.05) is 20.2 Å². The van der Waals surface area contributed by atoms with E-state index in [1.807, 2.05) is 42.5 Å². The number of amides is 2. The maximum atomic E-state index is 13.0. The molecule has 0 aromatic heterocycles. The van der Waals surface area contributed by atoms with Gasteiger partial charge in [-0.15, -0.1) is 0 Å². The van der Waals surface area contributed by atoms with Gasteiger partial charge in [0.2, 0.25) is 5.91 Å². The normalized spacial score (nSPS) is 21.7. The summed E-state index contributed by atoms with van der Waals surface area (Å²) in [5.41, 5.74) is 1.69. The quantitative estimate of drug-likeness (QED) is 0.888. The predicted octanol–water partition coefficient (Wildman–Crippen LogP) is 2.83. The van der Waals surface area contributed by atoms with Crippen LogP contribution in [-0.4, -0.2) is 43.0 Å². The number of ether oxygens (including phenoxy) is 1. The van der Waals surface area contributed by atoms with Crippen LogP contribution < -0.4 is 10.1 Å². The van der Waals surface area contributed by atoms with E-state index in [0.29, 0.717) is 30.4 Å². The molecule has 1 N–H and O–H groups in total. The predicted molar refractivity (Wildman–Crippen MR) is 103 cm³/mol. The Morgan fingerprint density at radius 3 is 2.52 bits per heavy atom. The summed E-state index contributed by atoms with van der Waals surface area (Å²) in [5.74, 6) is 0.452. The number of hydrogen-bond acceptors (Lipinski definition) is 3. The third-order valence-corrected chi connectivity index (χ3v) is 5.41. The number of carbonyl (C=O) groups is 2. The lowest BCUT2D eigenvalue weighted by atomic mass is 9.88. The molecular weight excluding hydrogens is 340 g/mol. The van der Waals surface area contributed by atoms with Gasteiger partial charge >= 0.3 is 0 Å². The summed E-state index contributed by atoms with van der Waals surface area (Å²) in [6, 6.07) is 17.5. The number of nitrogens with one attached hydrogen (secondary N) is 1. The molecule has 2 unspecified atom stereocenters. The highest BCUT2D eigenvalue weighted by atomic mass is 16.5. The summed E-state index contributed by atoms with van der Waals surface area (Å²) in [6.07, 6.45) is 2.11. The van der Waals surface area contributed by atoms with Gasteiger partial charge in [0.05, 0.1) is 13.0 Å². The molecule has 0 radical (unpaired) electrons. The minimum atomic E-state index is -0.220. The monoisotopic (exact) mass is 364 g/mol. The molecule has 1 saturated carbocycles. The van der Waals surface area contributed by atoms with Crippen LogP contribution in [0.15, 0.2) is 54.6 Å². The van der Waals surface area contributed by atoms with Crippen molar-refractivity contribution in [2.24, 2.45) is 5.92 Å². The van der Waals surface area contributed by atoms with E-state index in [2.05, 4.69) is 5.32 Å². The van der Waals surface area contributed by atoms with Gasteiger partial charge in [-0.1, -0.05) is 36.4 Å². The third kappa shape index (κ3) is 3.82. The molecule has 1 heterocycles. The van der Waals surface area contributed by atoms with Crippen LogP contribution in [0.5, 0.6) is 5.75 Å². The lowest BCUT2D eigenvalue weighted by Gasteiger charge is -2.17. The number of nitrogens with zero attached hydrogens (tertiary/aromatic N) is 1. The van der Waals surface area contributed by atoms with E-state index in [-0.39, 0.29) is 23.7 Å². The van der Waals surface area contributed by atoms with Gasteiger partial charge in [-0.05, 0) is 36.6 Å². The number of likely N-dealkylation sites (tertiary alicyclic amines) is 1. The Morgan fingerprint density at radius 2 is 1.81 bits per heavy atom. The van der Waals surface area contributed by atoms with Crippen molar-refractivity contribution in [1.29, 1.82) is 0 Å². The fourth-order valence-corrected chi connectivity index (χ4v) is 3.75. The molecule has 2 amide bonds. The van der Waals surface area contributed by atoms with Crippen molar-refractivity contribution in [3.63, 3.8) is 0 Å². The SMILES string of the molecule is COc1cccc(C(=O)N2CC(C(=O)NC3CC3)C(c3ccccc3)C2)c1. The van der Waals surface area contributed by atoms with Crippen molar-refractivity contribution < 1.29 is 14.3 Å². The van der Waals surface area contributed by atoms with Gasteiger partial charge < -0.3 is 15.0 Å². The molecule has 2 aromatic carbocycles. The lowest BCUT2D eigenvalue weighted by molar-refractivity contribution is -0.125. The highest BCUT2D eigenvalue weighted by Crippen LogP contribution is 2.34. The summed E-state index contributed by atoms with van der Waals surface area (Å²) in [4.78, 5) is 27.6. The molecule has 140 valence electrons. The molecule has 5 heteroatoms. The topological polar surface area (TPSA) is 58.6 Å². The van der Waals surface area contributed by atoms with E-state index in [4.69, 9.17) is 4.74 Å². The molecule has 2 atom stereocenters. The Hall–Kier alpha value is -2.82. The number of hydrogen-bond donors (Lipinski definition) is 1. The molecular formula is C22H24N2O3. The highest BCUT2D eigenvalue weighted by molar-refractivity contribution is 5.95. The fraction of sp³-hybridized carbons (Fsp3) is 0.364. The smallest absolute Gasteiger partial charge is 0.254 e. The minimum Gasteiger partial charge on any atom is -0.497 e. The molecule has 0 spiro atoms. The Labute approximate surface area is 159 Å². The van der Waals surface area contributed by atoms with Gasteiger partial charge in [0.15, 0.2) is 0 Å². The zero-order valence-corrected chi connectivity index (χ0v) is 15.4. The van der Waals surface area contributed by atoms with E-state index in [1.54, 1.807) is 24.1 Å². The van der Waals surface area contributed by atoms with E-state index in [1.165, 1.54) is 0 Å². The van der Waals surface area contributed by atoms with Gasteiger partial charge in [0.25, 0.3) is 5.91 Å². The van der Waals surface area contributed by atoms with Crippen LogP contribution in [0, 0.1) is 5.92 Å². The molecule has 1 saturated heterocycles. The first-order valence-electron chi connectivity index (χ1n) is 9.44. The summed E-state index contributed by atoms with van der Waals surface area (Å²) < 4.78 is 5.23. The van der Waals surface area contributed by atoms with Crippen molar-refractivity contribution in [3.05, 3.63) is 65.7 Å². The summed E-state index contributed by atoms with van der Waals surface area (Å²) in [7, 11) is 1.59. The number of rotatable bonds is 5. The molecule has 2 aromatic rings. The molecule has 4 rings (SSSR count). The molecule has 27 heavy (non-hydrogen) atoms. The molecule has 1 aliphatic carbocycles. The van der Waals surface area contributed by atoms with Crippen LogP contribution in [0.3, 0.4) is 0 Å². The van der Waals surface area contributed by atoms with Crippen molar-refractivity contribution >= 4 is 11.8 Å². The Bertz CT molecular complexity index is 832. The number of carbonyl (C=O) groups excluding carboxylic acids is 2. The van der Waals surface area contributed by atoms with Crippen LogP contribution in [0.1, 0.15) is 34.7 Å². The van der Waals surface area contributed by atoms with Gasteiger partial charge in [-0.3, -0.25) is 9.59 Å². The Kier molecular flexibility index (Phi) is 4.84. The standard InChI is InChI=1S/C22H24N2O3/c1-27-18-9-5-8-16(12-18)22(26)24-13-19(15-6-3-2-4-7-15)20(14-24)21(25)23-17-10-11-17/h2-9,12,17,19-20H,10-11,13-14H2,1H3,(H,23,25). The molecule has 1 aliphatic heterocycles. The zero-order valence-electron chi connectivity index (χ0n) is 15.4. The van der Waals surface area contributed by atoms with Gasteiger partial charge in [0, 0.05) is 30.6 Å². The van der Waals surface area contributed by atoms with Gasteiger partial charge in [-0.25, -0.2) is 0 Å². The largest absolute Gasteiger partial charge is 0.497 e. The number of benzene rings is 2. The van der Waals surface area contributed by atoms with Crippen LogP contribution in [0.25, 0.3) is 0 Å². The third-order valence-electron chi connectivity index (χ3n) is 5.41. The van der Waals surface area contributed by atoms with Gasteiger partial charge in [0.1, 0.15) is 5.75 Å². The first-order valence-corrected chi connectivity index (χ1v) is 9.44. The second kappa shape index (κ2) is 7.43. The Balaban J connectivity index is 1.57. The minimum absolute atomic E-state index is 0.0134. The van der Waals surface area contributed by atoms with Crippen molar-refractivity contribution in [3.8, 4) is 5.75 Å². The van der Waals surface area contributed by atoms with Crippen LogP contribution in [0.4, 0.5) is 0 Å². The zero-order chi connectivity index (χ0) is 18.8. The lowest BCUT2D eigenvalue weighted by Crippen LogP contribution is -2.36. The van der Waals surface area contributed by atoms with Crippen LogP contribution >= 0.6 is 0 Å². The molecule has 0 bridgehead atoms. The van der Waals surface area contributed by atoms with E-state index in [0.717, 1.165) is 18.4 Å². The van der Waals surface area contributed by atoms with Crippen LogP contribution in [-0.2, 0) is 4.79 Å². The molecule has 5 nitrogen and oxygen atoms in total. The van der Waals surface area contributed by atoms with Crippen LogP contribution in [0.2, 0.25) is 0 Å². The highest BCUT2D eigenvalue weighted by Gasteiger charge is 2.41. The average Bonchev–Trinajstić information content (AvgIpc) is 3.41. The second-order valence-electron chi connectivity index (χ2n) is 7.35. The Morgan fingerprint density at radius 1 is 1.04 bits per heavy atom.